The molecule has 2 N–H and O–H groups in total. The molecule has 6 aliphatic rings. The van der Waals surface area contributed by atoms with Crippen LogP contribution in [0.25, 0.3) is 0 Å². The Labute approximate surface area is 140 Å². The molecule has 0 aromatic carbocycles. The number of hydrogen-bond donors (Lipinski definition) is 2. The Kier molecular flexibility index (Phi) is 5.02. The van der Waals surface area contributed by atoms with Gasteiger partial charge in [0.2, 0.25) is 0 Å². The van der Waals surface area contributed by atoms with Gasteiger partial charge in [0, 0.05) is 5.41 Å². The lowest BCUT2D eigenvalue weighted by molar-refractivity contribution is -0.0485. The van der Waals surface area contributed by atoms with Gasteiger partial charge in [-0.3, -0.25) is 4.52 Å². The molecule has 0 amide bonds. The third-order valence-corrected chi connectivity index (χ3v) is 7.35. The van der Waals surface area contributed by atoms with Gasteiger partial charge in [-0.2, -0.15) is 0 Å². The number of phosphoric acid groups is 1. The largest absolute Gasteiger partial charge is 0.470 e. The summed E-state index contributed by atoms with van der Waals surface area (Å²) in [4.78, 5) is 18.5. The quantitative estimate of drug-likeness (QED) is 0.371. The van der Waals surface area contributed by atoms with Crippen LogP contribution in [0.2, 0.25) is 0 Å². The molecule has 0 aromatic heterocycles. The van der Waals surface area contributed by atoms with Crippen LogP contribution >= 0.6 is 7.82 Å². The molecule has 4 nitrogen and oxygen atoms in total. The molecule has 3 bridgehead atoms. The molecule has 0 atom stereocenters. The average Bonchev–Trinajstić information content (AvgIpc) is 2.95. The second-order valence-corrected chi connectivity index (χ2v) is 9.81. The molecule has 134 valence electrons. The molecule has 0 unspecified atom stereocenters. The summed E-state index contributed by atoms with van der Waals surface area (Å²) < 4.78 is 16.6. The highest BCUT2D eigenvalue weighted by molar-refractivity contribution is 7.46. The van der Waals surface area contributed by atoms with E-state index in [9.17, 15) is 14.4 Å². The molecule has 5 heteroatoms. The predicted molar refractivity (Wildman–Crippen MR) is 91.0 cm³/mol. The molecule has 0 aromatic rings. The molecule has 0 radical (unpaired) electrons. The summed E-state index contributed by atoms with van der Waals surface area (Å²) in [5, 5.41) is 0. The van der Waals surface area contributed by atoms with E-state index in [0.717, 1.165) is 32.1 Å². The highest BCUT2D eigenvalue weighted by Crippen LogP contribution is 2.87. The van der Waals surface area contributed by atoms with Gasteiger partial charge < -0.3 is 9.79 Å². The van der Waals surface area contributed by atoms with Crippen LogP contribution in [0.4, 0.5) is 0 Å². The summed E-state index contributed by atoms with van der Waals surface area (Å²) >= 11 is 0. The molecule has 0 aliphatic heterocycles. The van der Waals surface area contributed by atoms with Gasteiger partial charge in [0.15, 0.2) is 0 Å². The molecular formula is C18H33O4P. The van der Waals surface area contributed by atoms with Gasteiger partial charge >= 0.3 is 7.82 Å². The highest BCUT2D eigenvalue weighted by atomic mass is 31.2. The van der Waals surface area contributed by atoms with Crippen LogP contribution in [0.5, 0.6) is 0 Å². The van der Waals surface area contributed by atoms with Gasteiger partial charge in [0.1, 0.15) is 0 Å². The van der Waals surface area contributed by atoms with E-state index >= 15 is 0 Å². The number of unbranched alkanes of at least 4 members (excludes halogenated alkanes) is 8. The van der Waals surface area contributed by atoms with Crippen molar-refractivity contribution >= 4 is 7.82 Å². The van der Waals surface area contributed by atoms with Gasteiger partial charge in [-0.15, -0.1) is 0 Å². The summed E-state index contributed by atoms with van der Waals surface area (Å²) in [7, 11) is -4.36. The topological polar surface area (TPSA) is 66.8 Å². The van der Waals surface area contributed by atoms with Crippen LogP contribution in [0, 0.1) is 10.8 Å². The van der Waals surface area contributed by atoms with Crippen molar-refractivity contribution in [3.05, 3.63) is 0 Å². The van der Waals surface area contributed by atoms with Crippen LogP contribution in [0.15, 0.2) is 0 Å². The molecule has 6 saturated carbocycles. The van der Waals surface area contributed by atoms with Gasteiger partial charge in [-0.1, -0.05) is 64.7 Å². The fourth-order valence-corrected chi connectivity index (χ4v) is 6.84. The van der Waals surface area contributed by atoms with Crippen molar-refractivity contribution in [1.82, 2.24) is 0 Å². The van der Waals surface area contributed by atoms with Crippen molar-refractivity contribution in [2.24, 2.45) is 10.8 Å². The first-order valence-electron chi connectivity index (χ1n) is 9.61. The van der Waals surface area contributed by atoms with Gasteiger partial charge in [0.25, 0.3) is 0 Å². The molecule has 6 aliphatic carbocycles. The van der Waals surface area contributed by atoms with E-state index < -0.39 is 13.4 Å². The number of rotatable bonds is 12. The third kappa shape index (κ3) is 3.42. The zero-order chi connectivity index (χ0) is 16.6. The first-order chi connectivity index (χ1) is 10.8. The van der Waals surface area contributed by atoms with Crippen LogP contribution < -0.4 is 0 Å². The van der Waals surface area contributed by atoms with E-state index in [0.29, 0.717) is 5.41 Å². The zero-order valence-electron chi connectivity index (χ0n) is 14.6. The molecule has 23 heavy (non-hydrogen) atoms. The van der Waals surface area contributed by atoms with Crippen molar-refractivity contribution in [3.8, 4) is 0 Å². The molecule has 0 saturated heterocycles. The van der Waals surface area contributed by atoms with Crippen molar-refractivity contribution in [1.29, 1.82) is 0 Å². The second-order valence-electron chi connectivity index (χ2n) is 8.64. The van der Waals surface area contributed by atoms with E-state index in [4.69, 9.17) is 4.52 Å². The number of phosphoric ester groups is 1. The average molecular weight is 344 g/mol. The van der Waals surface area contributed by atoms with Crippen LogP contribution in [-0.4, -0.2) is 15.4 Å². The lowest BCUT2D eigenvalue weighted by atomic mass is 9.63. The Morgan fingerprint density at radius 2 is 1.39 bits per heavy atom. The Balaban J connectivity index is 1.34. The lowest BCUT2D eigenvalue weighted by Crippen LogP contribution is -2.42. The maximum atomic E-state index is 11.3. The summed E-state index contributed by atoms with van der Waals surface area (Å²) in [5.74, 6) is 0. The molecule has 6 fully saturated rings. The van der Waals surface area contributed by atoms with E-state index in [2.05, 4.69) is 6.92 Å². The molecule has 6 rings (SSSR count). The normalized spacial score (nSPS) is 37.5. The minimum absolute atomic E-state index is 0.0925. The smallest absolute Gasteiger partial charge is 0.303 e. The predicted octanol–water partition coefficient (Wildman–Crippen LogP) is 5.33. The zero-order valence-corrected chi connectivity index (χ0v) is 15.5. The maximum absolute atomic E-state index is 11.3. The van der Waals surface area contributed by atoms with Crippen LogP contribution in [0.1, 0.15) is 96.8 Å². The van der Waals surface area contributed by atoms with Crippen molar-refractivity contribution in [3.63, 3.8) is 0 Å². The Bertz CT molecular complexity index is 456. The van der Waals surface area contributed by atoms with Crippen molar-refractivity contribution < 1.29 is 18.9 Å². The van der Waals surface area contributed by atoms with E-state index in [1.165, 1.54) is 57.8 Å². The van der Waals surface area contributed by atoms with Crippen LogP contribution in [-0.2, 0) is 9.09 Å². The Morgan fingerprint density at radius 3 is 1.91 bits per heavy atom. The summed E-state index contributed by atoms with van der Waals surface area (Å²) in [6, 6.07) is 0. The van der Waals surface area contributed by atoms with Crippen molar-refractivity contribution in [2.45, 2.75) is 102 Å². The lowest BCUT2D eigenvalue weighted by Gasteiger charge is -2.41. The van der Waals surface area contributed by atoms with E-state index in [1.54, 1.807) is 0 Å². The first-order valence-corrected chi connectivity index (χ1v) is 11.1. The minimum atomic E-state index is -4.36. The second kappa shape index (κ2) is 6.44. The molecule has 1 spiro atoms. The summed E-state index contributed by atoms with van der Waals surface area (Å²) in [6.07, 6.45) is 17.1. The van der Waals surface area contributed by atoms with Gasteiger partial charge in [-0.05, 0) is 37.5 Å². The van der Waals surface area contributed by atoms with E-state index in [-0.39, 0.29) is 5.41 Å². The van der Waals surface area contributed by atoms with Crippen molar-refractivity contribution in [2.75, 3.05) is 0 Å². The molecular weight excluding hydrogens is 311 g/mol. The monoisotopic (exact) mass is 344 g/mol. The maximum Gasteiger partial charge on any atom is 0.470 e. The minimum Gasteiger partial charge on any atom is -0.303 e. The molecule has 0 heterocycles. The van der Waals surface area contributed by atoms with Gasteiger partial charge in [-0.25, -0.2) is 4.57 Å². The summed E-state index contributed by atoms with van der Waals surface area (Å²) in [6.45, 7) is 2.25. The SMILES string of the molecule is CCCCCCCCCCCC12CC3(C1)CC2(OP(=O)(O)O)C3. The first kappa shape index (κ1) is 17.9. The summed E-state index contributed by atoms with van der Waals surface area (Å²) in [5.41, 5.74) is 0.00980. The number of hydrogen-bond acceptors (Lipinski definition) is 2. The standard InChI is InChI=1S/C18H33O4P/c1-2-3-4-5-6-7-8-9-10-11-17-12-16(13-17)14-18(17,15-16)22-23(19,20)21/h2-15H2,1H3,(H2,19,20,21). The fraction of sp³-hybridized carbons (Fsp3) is 1.00. The fourth-order valence-electron chi connectivity index (χ4n) is 6.06. The Morgan fingerprint density at radius 1 is 0.870 bits per heavy atom. The van der Waals surface area contributed by atoms with Crippen LogP contribution in [0.3, 0.4) is 0 Å². The van der Waals surface area contributed by atoms with Gasteiger partial charge in [0.05, 0.1) is 5.60 Å². The third-order valence-electron chi connectivity index (χ3n) is 6.77. The van der Waals surface area contributed by atoms with E-state index in [1.807, 2.05) is 0 Å². The highest BCUT2D eigenvalue weighted by Gasteiger charge is 2.83. The Hall–Kier alpha value is 0.110.